The van der Waals surface area contributed by atoms with Gasteiger partial charge >= 0.3 is 0 Å². The van der Waals surface area contributed by atoms with Crippen LogP contribution in [0, 0.1) is 0 Å². The summed E-state index contributed by atoms with van der Waals surface area (Å²) < 4.78 is 162. The number of nitrogens with one attached hydrogen (secondary N) is 2. The van der Waals surface area contributed by atoms with E-state index in [4.69, 9.17) is 5.73 Å². The standard InChI is InChI=1S/C24H21N3O15S5/c25-14-4-5-17(21(9-14)46(37,38)39)24(28)26-15-3-1-2-13(8-15)12-43(29,30)27-19-6-7-20(45(34,35)36)18-10-16(44(31,32)33)11-22(23(18)19)47(40,41)42/h1-11,27H,12,25H2,(H,26,28)(H,31,32,33)(H,34,35,36)(H,37,38,39)(H,40,41,42). The molecule has 0 bridgehead atoms. The van der Waals surface area contributed by atoms with E-state index < -0.39 is 104 Å². The Morgan fingerprint density at radius 3 is 1.85 bits per heavy atom. The summed E-state index contributed by atoms with van der Waals surface area (Å²) in [5.41, 5.74) is 4.20. The summed E-state index contributed by atoms with van der Waals surface area (Å²) in [6, 6.07) is 10.1. The number of benzene rings is 4. The van der Waals surface area contributed by atoms with E-state index in [9.17, 15) is 65.1 Å². The second-order valence-corrected chi connectivity index (χ2v) is 16.9. The Labute approximate surface area is 267 Å². The lowest BCUT2D eigenvalue weighted by Gasteiger charge is -2.16. The Hall–Kier alpha value is -4.20. The second kappa shape index (κ2) is 12.1. The summed E-state index contributed by atoms with van der Waals surface area (Å²) in [4.78, 5) is 8.35. The number of carbonyl (C=O) groups is 1. The zero-order valence-corrected chi connectivity index (χ0v) is 27.0. The number of fused-ring (bicyclic) bond motifs is 1. The topological polar surface area (TPSA) is 319 Å². The third-order valence-corrected chi connectivity index (χ3v) is 11.0. The monoisotopic (exact) mass is 751 g/mol. The number of nitrogen functional groups attached to an aromatic ring is 1. The summed E-state index contributed by atoms with van der Waals surface area (Å²) in [5.74, 6) is -1.93. The molecule has 18 nitrogen and oxygen atoms in total. The SMILES string of the molecule is Nc1ccc(C(=O)Nc2cccc(CS(=O)(=O)Nc3ccc(S(=O)(=O)O)c4cc(S(=O)(=O)O)cc(S(=O)(=O)O)c34)c2)c(S(=O)(=O)O)c1. The molecule has 4 aromatic carbocycles. The van der Waals surface area contributed by atoms with E-state index in [2.05, 4.69) is 5.32 Å². The average molecular weight is 752 g/mol. The van der Waals surface area contributed by atoms with Crippen LogP contribution >= 0.6 is 0 Å². The van der Waals surface area contributed by atoms with Gasteiger partial charge in [0.2, 0.25) is 10.0 Å². The van der Waals surface area contributed by atoms with E-state index in [0.717, 1.165) is 18.2 Å². The molecule has 8 N–H and O–H groups in total. The van der Waals surface area contributed by atoms with Crippen molar-refractivity contribution < 1.29 is 65.1 Å². The summed E-state index contributed by atoms with van der Waals surface area (Å²) in [6.45, 7) is 0. The molecule has 0 aliphatic rings. The molecule has 0 aromatic heterocycles. The largest absolute Gasteiger partial charge is 0.399 e. The molecule has 47 heavy (non-hydrogen) atoms. The van der Waals surface area contributed by atoms with Gasteiger partial charge in [-0.15, -0.1) is 0 Å². The van der Waals surface area contributed by atoms with Crippen LogP contribution in [-0.2, 0) is 56.2 Å². The molecule has 23 heteroatoms. The molecule has 0 saturated carbocycles. The van der Waals surface area contributed by atoms with Crippen molar-refractivity contribution in [1.82, 2.24) is 0 Å². The van der Waals surface area contributed by atoms with Crippen LogP contribution in [0.5, 0.6) is 0 Å². The summed E-state index contributed by atoms with van der Waals surface area (Å²) in [7, 11) is -25.4. The lowest BCUT2D eigenvalue weighted by atomic mass is 10.1. The molecule has 0 spiro atoms. The Kier molecular flexibility index (Phi) is 9.19. The molecule has 0 unspecified atom stereocenters. The molecular formula is C24H21N3O15S5. The van der Waals surface area contributed by atoms with Gasteiger partial charge in [-0.3, -0.25) is 27.7 Å². The number of hydrogen-bond acceptors (Lipinski definition) is 12. The van der Waals surface area contributed by atoms with Crippen LogP contribution in [0.1, 0.15) is 15.9 Å². The van der Waals surface area contributed by atoms with E-state index >= 15 is 0 Å². The van der Waals surface area contributed by atoms with Crippen molar-refractivity contribution in [3.63, 3.8) is 0 Å². The van der Waals surface area contributed by atoms with Crippen molar-refractivity contribution in [3.8, 4) is 0 Å². The number of hydrogen-bond donors (Lipinski definition) is 7. The van der Waals surface area contributed by atoms with E-state index in [1.807, 2.05) is 4.72 Å². The summed E-state index contributed by atoms with van der Waals surface area (Å²) >= 11 is 0. The Balaban J connectivity index is 1.75. The normalized spacial score (nSPS) is 12.9. The van der Waals surface area contributed by atoms with E-state index in [-0.39, 0.29) is 23.0 Å². The molecule has 0 saturated heterocycles. The first-order chi connectivity index (χ1) is 21.4. The van der Waals surface area contributed by atoms with Gasteiger partial charge in [-0.2, -0.15) is 33.7 Å². The molecule has 4 rings (SSSR count). The number of carbonyl (C=O) groups excluding carboxylic acids is 1. The molecule has 0 aliphatic heterocycles. The zero-order valence-electron chi connectivity index (χ0n) is 23.0. The minimum atomic E-state index is -5.45. The number of nitrogens with two attached hydrogens (primary N) is 1. The first-order valence-electron chi connectivity index (χ1n) is 12.2. The van der Waals surface area contributed by atoms with Gasteiger partial charge in [-0.05, 0) is 60.2 Å². The molecule has 0 aliphatic carbocycles. The van der Waals surface area contributed by atoms with Gasteiger partial charge in [0, 0.05) is 22.1 Å². The second-order valence-electron chi connectivity index (χ2n) is 9.63. The molecule has 4 aromatic rings. The molecule has 1 amide bonds. The molecule has 0 radical (unpaired) electrons. The molecule has 252 valence electrons. The van der Waals surface area contributed by atoms with Crippen molar-refractivity contribution >= 4 is 84.2 Å². The number of sulfonamides is 1. The molecule has 0 heterocycles. The van der Waals surface area contributed by atoms with Gasteiger partial charge in [0.1, 0.15) is 14.7 Å². The third-order valence-electron chi connectivity index (χ3n) is 6.20. The smallest absolute Gasteiger partial charge is 0.295 e. The van der Waals surface area contributed by atoms with Gasteiger partial charge in [-0.1, -0.05) is 12.1 Å². The summed E-state index contributed by atoms with van der Waals surface area (Å²) in [5, 5.41) is 0.536. The van der Waals surface area contributed by atoms with E-state index in [1.54, 1.807) is 0 Å². The van der Waals surface area contributed by atoms with Gasteiger partial charge < -0.3 is 11.1 Å². The lowest BCUT2D eigenvalue weighted by Crippen LogP contribution is -2.18. The van der Waals surface area contributed by atoms with Crippen LogP contribution in [0.25, 0.3) is 10.8 Å². The highest BCUT2D eigenvalue weighted by molar-refractivity contribution is 7.92. The zero-order chi connectivity index (χ0) is 35.3. The average Bonchev–Trinajstić information content (AvgIpc) is 2.90. The summed E-state index contributed by atoms with van der Waals surface area (Å²) in [6.07, 6.45) is 0. The maximum absolute atomic E-state index is 13.2. The fourth-order valence-electron chi connectivity index (χ4n) is 4.36. The van der Waals surface area contributed by atoms with Crippen molar-refractivity contribution in [2.75, 3.05) is 15.8 Å². The quantitative estimate of drug-likeness (QED) is 0.0894. The minimum Gasteiger partial charge on any atom is -0.399 e. The highest BCUT2D eigenvalue weighted by Crippen LogP contribution is 2.37. The highest BCUT2D eigenvalue weighted by Gasteiger charge is 2.28. The maximum atomic E-state index is 13.2. The van der Waals surface area contributed by atoms with Crippen LogP contribution in [0.2, 0.25) is 0 Å². The van der Waals surface area contributed by atoms with Gasteiger partial charge in [0.05, 0.1) is 21.9 Å². The first kappa shape index (κ1) is 35.7. The highest BCUT2D eigenvalue weighted by atomic mass is 32.2. The van der Waals surface area contributed by atoms with Crippen molar-refractivity contribution in [2.24, 2.45) is 0 Å². The Morgan fingerprint density at radius 2 is 1.28 bits per heavy atom. The van der Waals surface area contributed by atoms with E-state index in [1.165, 1.54) is 24.3 Å². The predicted molar refractivity (Wildman–Crippen MR) is 165 cm³/mol. The van der Waals surface area contributed by atoms with Crippen molar-refractivity contribution in [1.29, 1.82) is 0 Å². The van der Waals surface area contributed by atoms with E-state index in [0.29, 0.717) is 18.2 Å². The third kappa shape index (κ3) is 8.21. The van der Waals surface area contributed by atoms with Gasteiger partial charge in [-0.25, -0.2) is 8.42 Å². The number of amides is 1. The lowest BCUT2D eigenvalue weighted by molar-refractivity contribution is 0.102. The Morgan fingerprint density at radius 1 is 0.660 bits per heavy atom. The molecular weight excluding hydrogens is 731 g/mol. The van der Waals surface area contributed by atoms with Crippen molar-refractivity contribution in [3.05, 3.63) is 77.9 Å². The predicted octanol–water partition coefficient (Wildman–Crippen LogP) is 1.60. The maximum Gasteiger partial charge on any atom is 0.295 e. The first-order valence-corrected chi connectivity index (χ1v) is 19.6. The fraction of sp³-hybridized carbons (Fsp3) is 0.0417. The Bertz CT molecular complexity index is 2530. The van der Waals surface area contributed by atoms with Gasteiger partial charge in [0.25, 0.3) is 46.4 Å². The van der Waals surface area contributed by atoms with Crippen LogP contribution in [0.15, 0.2) is 86.3 Å². The van der Waals surface area contributed by atoms with Crippen molar-refractivity contribution in [2.45, 2.75) is 25.3 Å². The number of rotatable bonds is 10. The van der Waals surface area contributed by atoms with Crippen LogP contribution in [-0.4, -0.2) is 66.2 Å². The van der Waals surface area contributed by atoms with Crippen LogP contribution in [0.4, 0.5) is 17.1 Å². The fourth-order valence-corrected chi connectivity index (χ4v) is 8.32. The van der Waals surface area contributed by atoms with Crippen LogP contribution in [0.3, 0.4) is 0 Å². The van der Waals surface area contributed by atoms with Gasteiger partial charge in [0.15, 0.2) is 0 Å². The molecule has 0 atom stereocenters. The number of anilines is 3. The minimum absolute atomic E-state index is 0.0230. The molecule has 0 fully saturated rings. The van der Waals surface area contributed by atoms with Crippen LogP contribution < -0.4 is 15.8 Å².